The summed E-state index contributed by atoms with van der Waals surface area (Å²) in [4.78, 5) is 2.57. The first-order chi connectivity index (χ1) is 6.72. The predicted octanol–water partition coefficient (Wildman–Crippen LogP) is 2.13. The third kappa shape index (κ3) is 4.43. The average Bonchev–Trinajstić information content (AvgIpc) is 2.16. The Morgan fingerprint density at radius 1 is 1.43 bits per heavy atom. The van der Waals surface area contributed by atoms with Crippen molar-refractivity contribution < 1.29 is 5.11 Å². The Labute approximate surface area is 88.3 Å². The van der Waals surface area contributed by atoms with Gasteiger partial charge in [-0.15, -0.1) is 0 Å². The van der Waals surface area contributed by atoms with Gasteiger partial charge < -0.3 is 10.0 Å². The molecule has 0 aromatic heterocycles. The summed E-state index contributed by atoms with van der Waals surface area (Å²) in [6.07, 6.45) is 4.95. The largest absolute Gasteiger partial charge is 0.396 e. The van der Waals surface area contributed by atoms with Crippen molar-refractivity contribution in [3.63, 3.8) is 0 Å². The summed E-state index contributed by atoms with van der Waals surface area (Å²) in [6.45, 7) is 8.68. The fraction of sp³-hybridized carbons (Fsp3) is 1.00. The van der Waals surface area contributed by atoms with E-state index in [4.69, 9.17) is 5.11 Å². The van der Waals surface area contributed by atoms with E-state index in [1.54, 1.807) is 0 Å². The molecule has 0 bridgehead atoms. The second kappa shape index (κ2) is 6.41. The lowest BCUT2D eigenvalue weighted by Gasteiger charge is -2.32. The molecule has 1 aliphatic rings. The lowest BCUT2D eigenvalue weighted by Crippen LogP contribution is -2.36. The maximum atomic E-state index is 8.90. The fourth-order valence-corrected chi connectivity index (χ4v) is 2.21. The first-order valence-corrected chi connectivity index (χ1v) is 6.05. The van der Waals surface area contributed by atoms with E-state index < -0.39 is 0 Å². The van der Waals surface area contributed by atoms with Crippen LogP contribution in [0.3, 0.4) is 0 Å². The summed E-state index contributed by atoms with van der Waals surface area (Å²) in [5.41, 5.74) is 0. The number of likely N-dealkylation sites (tertiary alicyclic amines) is 1. The van der Waals surface area contributed by atoms with Crippen LogP contribution in [0.15, 0.2) is 0 Å². The first kappa shape index (κ1) is 12.0. The minimum absolute atomic E-state index is 0.364. The fourth-order valence-electron chi connectivity index (χ4n) is 2.21. The monoisotopic (exact) mass is 199 g/mol. The van der Waals surface area contributed by atoms with Crippen LogP contribution >= 0.6 is 0 Å². The zero-order chi connectivity index (χ0) is 10.4. The highest BCUT2D eigenvalue weighted by molar-refractivity contribution is 4.72. The Bertz CT molecular complexity index is 145. The molecule has 84 valence electrons. The molecule has 0 aromatic rings. The van der Waals surface area contributed by atoms with Crippen molar-refractivity contribution in [1.29, 1.82) is 0 Å². The number of hydrogen-bond acceptors (Lipinski definition) is 2. The van der Waals surface area contributed by atoms with E-state index in [1.807, 2.05) is 0 Å². The highest BCUT2D eigenvalue weighted by Crippen LogP contribution is 2.19. The van der Waals surface area contributed by atoms with E-state index in [0.717, 1.165) is 18.3 Å². The normalized spacial score (nSPS) is 24.4. The molecule has 2 nitrogen and oxygen atoms in total. The van der Waals surface area contributed by atoms with Crippen LogP contribution in [0.5, 0.6) is 0 Å². The van der Waals surface area contributed by atoms with Crippen LogP contribution in [0.4, 0.5) is 0 Å². The van der Waals surface area contributed by atoms with Crippen LogP contribution < -0.4 is 0 Å². The van der Waals surface area contributed by atoms with Crippen molar-refractivity contribution in [2.24, 2.45) is 11.8 Å². The highest BCUT2D eigenvalue weighted by Gasteiger charge is 2.18. The maximum Gasteiger partial charge on any atom is 0.0434 e. The Kier molecular flexibility index (Phi) is 5.49. The van der Waals surface area contributed by atoms with Crippen molar-refractivity contribution in [2.45, 2.75) is 39.5 Å². The van der Waals surface area contributed by atoms with Crippen molar-refractivity contribution >= 4 is 0 Å². The molecular weight excluding hydrogens is 174 g/mol. The molecular formula is C12H25NO. The predicted molar refractivity (Wildman–Crippen MR) is 60.3 cm³/mol. The summed E-state index contributed by atoms with van der Waals surface area (Å²) >= 11 is 0. The quantitative estimate of drug-likeness (QED) is 0.733. The maximum absolute atomic E-state index is 8.90. The van der Waals surface area contributed by atoms with Crippen molar-refractivity contribution in [1.82, 2.24) is 4.90 Å². The molecule has 0 saturated carbocycles. The molecule has 1 fully saturated rings. The third-order valence-corrected chi connectivity index (χ3v) is 3.16. The minimum atomic E-state index is 0.364. The van der Waals surface area contributed by atoms with E-state index in [1.165, 1.54) is 38.9 Å². The summed E-state index contributed by atoms with van der Waals surface area (Å²) in [5, 5.41) is 8.90. The molecule has 1 aliphatic heterocycles. The molecule has 14 heavy (non-hydrogen) atoms. The van der Waals surface area contributed by atoms with Gasteiger partial charge in [-0.2, -0.15) is 0 Å². The number of aliphatic hydroxyl groups is 1. The lowest BCUT2D eigenvalue weighted by molar-refractivity contribution is 0.143. The van der Waals surface area contributed by atoms with Gasteiger partial charge >= 0.3 is 0 Å². The van der Waals surface area contributed by atoms with Gasteiger partial charge in [0, 0.05) is 13.2 Å². The topological polar surface area (TPSA) is 23.5 Å². The summed E-state index contributed by atoms with van der Waals surface area (Å²) < 4.78 is 0. The van der Waals surface area contributed by atoms with E-state index in [2.05, 4.69) is 18.7 Å². The van der Waals surface area contributed by atoms with Gasteiger partial charge in [-0.25, -0.2) is 0 Å². The number of aliphatic hydroxyl groups excluding tert-OH is 1. The first-order valence-electron chi connectivity index (χ1n) is 6.05. The summed E-state index contributed by atoms with van der Waals surface area (Å²) in [6, 6.07) is 0. The highest BCUT2D eigenvalue weighted by atomic mass is 16.3. The van der Waals surface area contributed by atoms with Crippen LogP contribution in [0.2, 0.25) is 0 Å². The molecule has 1 rings (SSSR count). The van der Waals surface area contributed by atoms with Crippen LogP contribution in [0, 0.1) is 11.8 Å². The van der Waals surface area contributed by atoms with Gasteiger partial charge in [0.1, 0.15) is 0 Å². The molecule has 1 unspecified atom stereocenters. The zero-order valence-electron chi connectivity index (χ0n) is 9.71. The molecule has 1 heterocycles. The molecule has 0 amide bonds. The molecule has 0 aliphatic carbocycles. The van der Waals surface area contributed by atoms with Gasteiger partial charge in [0.25, 0.3) is 0 Å². The molecule has 1 N–H and O–H groups in total. The SMILES string of the molecule is CC(C)CCN1CCCC(CCO)C1. The van der Waals surface area contributed by atoms with Crippen LogP contribution in [0.1, 0.15) is 39.5 Å². The van der Waals surface area contributed by atoms with Gasteiger partial charge in [0.15, 0.2) is 0 Å². The summed E-state index contributed by atoms with van der Waals surface area (Å²) in [5.74, 6) is 1.56. The van der Waals surface area contributed by atoms with Gasteiger partial charge in [-0.3, -0.25) is 0 Å². The Balaban J connectivity index is 2.18. The second-order valence-electron chi connectivity index (χ2n) is 5.00. The van der Waals surface area contributed by atoms with E-state index in [0.29, 0.717) is 6.61 Å². The Morgan fingerprint density at radius 2 is 2.21 bits per heavy atom. The zero-order valence-corrected chi connectivity index (χ0v) is 9.71. The van der Waals surface area contributed by atoms with Gasteiger partial charge in [-0.05, 0) is 50.6 Å². The number of piperidine rings is 1. The molecule has 0 aromatic carbocycles. The van der Waals surface area contributed by atoms with Crippen molar-refractivity contribution in [3.8, 4) is 0 Å². The van der Waals surface area contributed by atoms with Gasteiger partial charge in [0.2, 0.25) is 0 Å². The third-order valence-electron chi connectivity index (χ3n) is 3.16. The van der Waals surface area contributed by atoms with E-state index >= 15 is 0 Å². The van der Waals surface area contributed by atoms with E-state index in [-0.39, 0.29) is 0 Å². The van der Waals surface area contributed by atoms with Gasteiger partial charge in [-0.1, -0.05) is 13.8 Å². The summed E-state index contributed by atoms with van der Waals surface area (Å²) in [7, 11) is 0. The lowest BCUT2D eigenvalue weighted by atomic mass is 9.95. The number of hydrogen-bond donors (Lipinski definition) is 1. The molecule has 2 heteroatoms. The smallest absolute Gasteiger partial charge is 0.0434 e. The number of nitrogens with zero attached hydrogens (tertiary/aromatic N) is 1. The van der Waals surface area contributed by atoms with Crippen molar-refractivity contribution in [3.05, 3.63) is 0 Å². The van der Waals surface area contributed by atoms with Crippen LogP contribution in [0.25, 0.3) is 0 Å². The van der Waals surface area contributed by atoms with Crippen molar-refractivity contribution in [2.75, 3.05) is 26.2 Å². The second-order valence-corrected chi connectivity index (χ2v) is 5.00. The Hall–Kier alpha value is -0.0800. The van der Waals surface area contributed by atoms with Gasteiger partial charge in [0.05, 0.1) is 0 Å². The van der Waals surface area contributed by atoms with E-state index in [9.17, 15) is 0 Å². The molecule has 0 spiro atoms. The molecule has 1 saturated heterocycles. The Morgan fingerprint density at radius 3 is 2.86 bits per heavy atom. The van der Waals surface area contributed by atoms with Crippen LogP contribution in [-0.2, 0) is 0 Å². The average molecular weight is 199 g/mol. The van der Waals surface area contributed by atoms with Crippen LogP contribution in [-0.4, -0.2) is 36.2 Å². The number of rotatable bonds is 5. The molecule has 1 atom stereocenters. The minimum Gasteiger partial charge on any atom is -0.396 e. The standard InChI is InChI=1S/C12H25NO/c1-11(2)5-8-13-7-3-4-12(10-13)6-9-14/h11-12,14H,3-10H2,1-2H3. The molecule has 0 radical (unpaired) electrons.